The third-order valence-corrected chi connectivity index (χ3v) is 3.40. The zero-order chi connectivity index (χ0) is 16.8. The van der Waals surface area contributed by atoms with E-state index in [0.29, 0.717) is 5.69 Å². The first-order valence-corrected chi connectivity index (χ1v) is 7.44. The zero-order valence-corrected chi connectivity index (χ0v) is 13.2. The first-order chi connectivity index (χ1) is 11.7. The summed E-state index contributed by atoms with van der Waals surface area (Å²) in [6, 6.07) is 12.8. The van der Waals surface area contributed by atoms with Crippen LogP contribution in [0.1, 0.15) is 5.56 Å². The van der Waals surface area contributed by atoms with Gasteiger partial charge in [-0.1, -0.05) is 24.3 Å². The van der Waals surface area contributed by atoms with Gasteiger partial charge in [-0.25, -0.2) is 0 Å². The topological polar surface area (TPSA) is 56.8 Å². The maximum atomic E-state index is 11.8. The van der Waals surface area contributed by atoms with Gasteiger partial charge in [0.25, 0.3) is 0 Å². The summed E-state index contributed by atoms with van der Waals surface area (Å²) in [5.74, 6) is 2.03. The van der Waals surface area contributed by atoms with Crippen LogP contribution in [0, 0.1) is 0 Å². The van der Waals surface area contributed by atoms with E-state index in [4.69, 9.17) is 14.2 Å². The van der Waals surface area contributed by atoms with Crippen LogP contribution in [0.25, 0.3) is 6.08 Å². The van der Waals surface area contributed by atoms with E-state index in [1.54, 1.807) is 43.5 Å². The molecule has 1 aliphatic heterocycles. The lowest BCUT2D eigenvalue weighted by Crippen LogP contribution is -2.07. The molecule has 0 radical (unpaired) electrons. The molecule has 0 aliphatic carbocycles. The van der Waals surface area contributed by atoms with Crippen molar-refractivity contribution in [1.29, 1.82) is 0 Å². The number of carbonyl (C=O) groups excluding carboxylic acids is 1. The number of fused-ring (bicyclic) bond motifs is 1. The SMILES string of the molecule is COc1ccc(NC(=O)/C=C/C=C/c2ccc3c(c2)OCO3)cc1. The lowest BCUT2D eigenvalue weighted by Gasteiger charge is -2.03. The van der Waals surface area contributed by atoms with E-state index in [2.05, 4.69) is 5.32 Å². The summed E-state index contributed by atoms with van der Waals surface area (Å²) >= 11 is 0. The number of rotatable bonds is 5. The van der Waals surface area contributed by atoms with Crippen molar-refractivity contribution in [3.63, 3.8) is 0 Å². The van der Waals surface area contributed by atoms with Crippen LogP contribution < -0.4 is 19.5 Å². The van der Waals surface area contributed by atoms with Gasteiger partial charge < -0.3 is 19.5 Å². The Morgan fingerprint density at radius 1 is 1.08 bits per heavy atom. The molecule has 5 heteroatoms. The predicted molar refractivity (Wildman–Crippen MR) is 92.4 cm³/mol. The van der Waals surface area contributed by atoms with E-state index in [1.807, 2.05) is 24.3 Å². The number of nitrogens with one attached hydrogen (secondary N) is 1. The Bertz CT molecular complexity index is 778. The minimum absolute atomic E-state index is 0.199. The van der Waals surface area contributed by atoms with E-state index in [-0.39, 0.29) is 12.7 Å². The molecule has 1 aliphatic rings. The second-order valence-corrected chi connectivity index (χ2v) is 5.05. The van der Waals surface area contributed by atoms with Crippen molar-refractivity contribution >= 4 is 17.7 Å². The monoisotopic (exact) mass is 323 g/mol. The van der Waals surface area contributed by atoms with Crippen LogP contribution >= 0.6 is 0 Å². The Kier molecular flexibility index (Phi) is 4.81. The summed E-state index contributed by atoms with van der Waals surface area (Å²) in [6.45, 7) is 0.258. The third-order valence-electron chi connectivity index (χ3n) is 3.40. The molecule has 1 amide bonds. The maximum absolute atomic E-state index is 11.8. The van der Waals surface area contributed by atoms with Crippen molar-refractivity contribution in [2.24, 2.45) is 0 Å². The number of hydrogen-bond acceptors (Lipinski definition) is 4. The van der Waals surface area contributed by atoms with Crippen LogP contribution in [-0.4, -0.2) is 19.8 Å². The molecule has 0 unspecified atom stereocenters. The van der Waals surface area contributed by atoms with Gasteiger partial charge in [0.2, 0.25) is 12.7 Å². The van der Waals surface area contributed by atoms with Crippen LogP contribution in [0.15, 0.2) is 60.7 Å². The van der Waals surface area contributed by atoms with Gasteiger partial charge in [0.05, 0.1) is 7.11 Å². The number of methoxy groups -OCH3 is 1. The Balaban J connectivity index is 1.54. The fourth-order valence-corrected chi connectivity index (χ4v) is 2.18. The average molecular weight is 323 g/mol. The van der Waals surface area contributed by atoms with E-state index in [1.165, 1.54) is 6.08 Å². The van der Waals surface area contributed by atoms with Crippen LogP contribution in [-0.2, 0) is 4.79 Å². The summed E-state index contributed by atoms with van der Waals surface area (Å²) in [5.41, 5.74) is 1.68. The van der Waals surface area contributed by atoms with Gasteiger partial charge in [-0.05, 0) is 42.0 Å². The molecule has 0 fully saturated rings. The Morgan fingerprint density at radius 3 is 2.67 bits per heavy atom. The molecule has 1 N–H and O–H groups in total. The number of benzene rings is 2. The fourth-order valence-electron chi connectivity index (χ4n) is 2.18. The highest BCUT2D eigenvalue weighted by atomic mass is 16.7. The van der Waals surface area contributed by atoms with Crippen molar-refractivity contribution in [2.45, 2.75) is 0 Å². The van der Waals surface area contributed by atoms with E-state index in [9.17, 15) is 4.79 Å². The second-order valence-electron chi connectivity index (χ2n) is 5.05. The number of ether oxygens (including phenoxy) is 3. The van der Waals surface area contributed by atoms with Gasteiger partial charge in [0, 0.05) is 11.8 Å². The van der Waals surface area contributed by atoms with Gasteiger partial charge in [-0.2, -0.15) is 0 Å². The number of amides is 1. The molecule has 3 rings (SSSR count). The van der Waals surface area contributed by atoms with Crippen molar-refractivity contribution < 1.29 is 19.0 Å². The van der Waals surface area contributed by atoms with Crippen LogP contribution in [0.3, 0.4) is 0 Å². The Hall–Kier alpha value is -3.21. The molecule has 0 saturated carbocycles. The molecule has 0 saturated heterocycles. The number of anilines is 1. The first kappa shape index (κ1) is 15.7. The maximum Gasteiger partial charge on any atom is 0.248 e. The number of allylic oxidation sites excluding steroid dienone is 2. The van der Waals surface area contributed by atoms with Gasteiger partial charge in [-0.15, -0.1) is 0 Å². The molecule has 0 bridgehead atoms. The van der Waals surface area contributed by atoms with E-state index >= 15 is 0 Å². The average Bonchev–Trinajstić information content (AvgIpc) is 3.07. The van der Waals surface area contributed by atoms with Crippen molar-refractivity contribution in [3.05, 3.63) is 66.3 Å². The molecular weight excluding hydrogens is 306 g/mol. The second kappa shape index (κ2) is 7.37. The van der Waals surface area contributed by atoms with Crippen molar-refractivity contribution in [1.82, 2.24) is 0 Å². The predicted octanol–water partition coefficient (Wildman–Crippen LogP) is 3.63. The normalized spacial score (nSPS) is 12.7. The number of carbonyl (C=O) groups is 1. The summed E-state index contributed by atoms with van der Waals surface area (Å²) < 4.78 is 15.7. The fraction of sp³-hybridized carbons (Fsp3) is 0.105. The molecule has 2 aromatic carbocycles. The van der Waals surface area contributed by atoms with E-state index < -0.39 is 0 Å². The minimum atomic E-state index is -0.199. The molecule has 122 valence electrons. The van der Waals surface area contributed by atoms with E-state index in [0.717, 1.165) is 22.8 Å². The summed E-state index contributed by atoms with van der Waals surface area (Å²) in [4.78, 5) is 11.8. The molecule has 0 spiro atoms. The lowest BCUT2D eigenvalue weighted by atomic mass is 10.2. The number of hydrogen-bond donors (Lipinski definition) is 1. The molecule has 2 aromatic rings. The molecule has 24 heavy (non-hydrogen) atoms. The molecule has 5 nitrogen and oxygen atoms in total. The molecule has 1 heterocycles. The molecule has 0 atom stereocenters. The Morgan fingerprint density at radius 2 is 1.88 bits per heavy atom. The van der Waals surface area contributed by atoms with Gasteiger partial charge in [-0.3, -0.25) is 4.79 Å². The van der Waals surface area contributed by atoms with Crippen LogP contribution in [0.2, 0.25) is 0 Å². The molecular formula is C19H17NO4. The zero-order valence-electron chi connectivity index (χ0n) is 13.2. The summed E-state index contributed by atoms with van der Waals surface area (Å²) in [5, 5.41) is 2.77. The summed E-state index contributed by atoms with van der Waals surface area (Å²) in [6.07, 6.45) is 6.83. The van der Waals surface area contributed by atoms with Crippen LogP contribution in [0.5, 0.6) is 17.2 Å². The molecule has 0 aromatic heterocycles. The quantitative estimate of drug-likeness (QED) is 0.674. The Labute approximate surface area is 140 Å². The largest absolute Gasteiger partial charge is 0.497 e. The minimum Gasteiger partial charge on any atom is -0.497 e. The summed E-state index contributed by atoms with van der Waals surface area (Å²) in [7, 11) is 1.60. The lowest BCUT2D eigenvalue weighted by molar-refractivity contribution is -0.111. The highest BCUT2D eigenvalue weighted by Gasteiger charge is 2.11. The van der Waals surface area contributed by atoms with Crippen molar-refractivity contribution in [2.75, 3.05) is 19.2 Å². The smallest absolute Gasteiger partial charge is 0.248 e. The highest BCUT2D eigenvalue weighted by molar-refractivity contribution is 5.99. The van der Waals surface area contributed by atoms with Gasteiger partial charge in [0.1, 0.15) is 5.75 Å². The van der Waals surface area contributed by atoms with Gasteiger partial charge >= 0.3 is 0 Å². The first-order valence-electron chi connectivity index (χ1n) is 7.44. The standard InChI is InChI=1S/C19H17NO4/c1-22-16-9-7-15(8-10-16)20-19(21)5-3-2-4-14-6-11-17-18(12-14)24-13-23-17/h2-12H,13H2,1H3,(H,20,21)/b4-2+,5-3+. The third kappa shape index (κ3) is 3.95. The van der Waals surface area contributed by atoms with Crippen LogP contribution in [0.4, 0.5) is 5.69 Å². The van der Waals surface area contributed by atoms with Gasteiger partial charge in [0.15, 0.2) is 11.5 Å². The highest BCUT2D eigenvalue weighted by Crippen LogP contribution is 2.32. The van der Waals surface area contributed by atoms with Crippen molar-refractivity contribution in [3.8, 4) is 17.2 Å².